The first-order valence-electron chi connectivity index (χ1n) is 7.47. The van der Waals surface area contributed by atoms with Crippen LogP contribution in [0.2, 0.25) is 0 Å². The molecule has 1 aliphatic rings. The van der Waals surface area contributed by atoms with Crippen molar-refractivity contribution in [3.05, 3.63) is 53.4 Å². The quantitative estimate of drug-likeness (QED) is 0.903. The molecular weight excluding hydrogens is 302 g/mol. The lowest BCUT2D eigenvalue weighted by Crippen LogP contribution is -2.48. The van der Waals surface area contributed by atoms with Gasteiger partial charge in [0.15, 0.2) is 0 Å². The molecule has 0 spiro atoms. The average Bonchev–Trinajstić information content (AvgIpc) is 2.90. The number of amides is 1. The normalized spacial score (nSPS) is 21.3. The van der Waals surface area contributed by atoms with Crippen LogP contribution in [-0.4, -0.2) is 21.7 Å². The molecule has 1 aromatic carbocycles. The van der Waals surface area contributed by atoms with Crippen LogP contribution < -0.4 is 10.6 Å². The zero-order valence-electron chi connectivity index (χ0n) is 12.7. The molecule has 0 unspecified atom stereocenters. The van der Waals surface area contributed by atoms with Crippen LogP contribution in [0.1, 0.15) is 30.0 Å². The first-order valence-corrected chi connectivity index (χ1v) is 7.47. The summed E-state index contributed by atoms with van der Waals surface area (Å²) in [6.45, 7) is 0.572. The van der Waals surface area contributed by atoms with Crippen molar-refractivity contribution in [2.24, 2.45) is 7.05 Å². The van der Waals surface area contributed by atoms with Gasteiger partial charge < -0.3 is 10.6 Å². The molecule has 1 saturated heterocycles. The molecular formula is C16H18F2N4O. The molecule has 0 saturated carbocycles. The van der Waals surface area contributed by atoms with Crippen LogP contribution in [0.15, 0.2) is 30.6 Å². The Bertz CT molecular complexity index is 696. The number of carbonyl (C=O) groups is 1. The number of rotatable bonds is 4. The number of piperidine rings is 1. The fraction of sp³-hybridized carbons (Fsp3) is 0.375. The third-order valence-electron chi connectivity index (χ3n) is 3.97. The van der Waals surface area contributed by atoms with Crippen LogP contribution >= 0.6 is 0 Å². The number of nitrogens with one attached hydrogen (secondary N) is 2. The van der Waals surface area contributed by atoms with E-state index in [4.69, 9.17) is 0 Å². The molecule has 2 aromatic rings. The third-order valence-corrected chi connectivity index (χ3v) is 3.97. The average molecular weight is 320 g/mol. The van der Waals surface area contributed by atoms with Gasteiger partial charge in [-0.25, -0.2) is 8.78 Å². The van der Waals surface area contributed by atoms with E-state index >= 15 is 0 Å². The minimum atomic E-state index is -0.647. The summed E-state index contributed by atoms with van der Waals surface area (Å²) >= 11 is 0. The highest BCUT2D eigenvalue weighted by Gasteiger charge is 2.30. The van der Waals surface area contributed by atoms with E-state index in [1.165, 1.54) is 12.1 Å². The predicted molar refractivity (Wildman–Crippen MR) is 80.3 cm³/mol. The Morgan fingerprint density at radius 3 is 2.74 bits per heavy atom. The van der Waals surface area contributed by atoms with E-state index in [9.17, 15) is 13.6 Å². The Labute approximate surface area is 132 Å². The van der Waals surface area contributed by atoms with Gasteiger partial charge in [-0.3, -0.25) is 9.48 Å². The molecule has 1 amide bonds. The minimum Gasteiger partial charge on any atom is -0.348 e. The Kier molecular flexibility index (Phi) is 4.38. The second-order valence-electron chi connectivity index (χ2n) is 5.80. The summed E-state index contributed by atoms with van der Waals surface area (Å²) < 4.78 is 28.7. The van der Waals surface area contributed by atoms with Gasteiger partial charge in [-0.2, -0.15) is 5.10 Å². The van der Waals surface area contributed by atoms with E-state index in [0.717, 1.165) is 11.6 Å². The fourth-order valence-electron chi connectivity index (χ4n) is 2.90. The largest absolute Gasteiger partial charge is 0.348 e. The summed E-state index contributed by atoms with van der Waals surface area (Å²) in [6.07, 6.45) is 4.64. The first kappa shape index (κ1) is 15.6. The van der Waals surface area contributed by atoms with Crippen molar-refractivity contribution in [2.45, 2.75) is 31.5 Å². The van der Waals surface area contributed by atoms with E-state index in [-0.39, 0.29) is 11.9 Å². The molecule has 122 valence electrons. The van der Waals surface area contributed by atoms with E-state index in [2.05, 4.69) is 15.7 Å². The maximum atomic E-state index is 13.5. The van der Waals surface area contributed by atoms with Crippen molar-refractivity contribution in [1.29, 1.82) is 0 Å². The number of halogens is 2. The second-order valence-corrected chi connectivity index (χ2v) is 5.80. The predicted octanol–water partition coefficient (Wildman–Crippen LogP) is 1.81. The number of carbonyl (C=O) groups excluding carboxylic acids is 1. The van der Waals surface area contributed by atoms with Crippen LogP contribution in [0, 0.1) is 11.6 Å². The van der Waals surface area contributed by atoms with Crippen LogP contribution in [-0.2, 0) is 18.4 Å². The number of benzene rings is 1. The van der Waals surface area contributed by atoms with Gasteiger partial charge in [-0.05, 0) is 24.1 Å². The number of hydrogen-bond acceptors (Lipinski definition) is 3. The van der Waals surface area contributed by atoms with E-state index in [1.54, 1.807) is 10.9 Å². The smallest absolute Gasteiger partial charge is 0.220 e. The lowest BCUT2D eigenvalue weighted by Gasteiger charge is -2.33. The maximum absolute atomic E-state index is 13.5. The molecule has 5 nitrogen and oxygen atoms in total. The van der Waals surface area contributed by atoms with Gasteiger partial charge in [0.2, 0.25) is 5.91 Å². The molecule has 1 aromatic heterocycles. The maximum Gasteiger partial charge on any atom is 0.220 e. The number of aryl methyl sites for hydroxylation is 1. The van der Waals surface area contributed by atoms with Gasteiger partial charge in [-0.1, -0.05) is 0 Å². The molecule has 2 N–H and O–H groups in total. The van der Waals surface area contributed by atoms with Crippen LogP contribution in [0.3, 0.4) is 0 Å². The minimum absolute atomic E-state index is 0.103. The van der Waals surface area contributed by atoms with Gasteiger partial charge in [0.1, 0.15) is 11.6 Å². The van der Waals surface area contributed by atoms with Crippen LogP contribution in [0.5, 0.6) is 0 Å². The zero-order valence-corrected chi connectivity index (χ0v) is 12.7. The lowest BCUT2D eigenvalue weighted by molar-refractivity contribution is -0.123. The number of aromatic nitrogens is 2. The summed E-state index contributed by atoms with van der Waals surface area (Å²) in [5.41, 5.74) is 1.44. The number of hydrogen-bond donors (Lipinski definition) is 2. The number of nitrogens with zero attached hydrogens (tertiary/aromatic N) is 2. The third kappa shape index (κ3) is 3.73. The Balaban J connectivity index is 1.77. The molecule has 1 fully saturated rings. The highest BCUT2D eigenvalue weighted by Crippen LogP contribution is 2.26. The highest BCUT2D eigenvalue weighted by atomic mass is 19.1. The molecule has 0 bridgehead atoms. The van der Waals surface area contributed by atoms with Crippen molar-refractivity contribution in [2.75, 3.05) is 0 Å². The topological polar surface area (TPSA) is 59.0 Å². The van der Waals surface area contributed by atoms with Crippen molar-refractivity contribution in [3.63, 3.8) is 0 Å². The van der Waals surface area contributed by atoms with Crippen molar-refractivity contribution >= 4 is 5.91 Å². The molecule has 2 atom stereocenters. The highest BCUT2D eigenvalue weighted by molar-refractivity contribution is 5.77. The molecule has 2 heterocycles. The summed E-state index contributed by atoms with van der Waals surface area (Å²) in [4.78, 5) is 11.7. The molecule has 0 aliphatic carbocycles. The van der Waals surface area contributed by atoms with Gasteiger partial charge in [0, 0.05) is 43.9 Å². The van der Waals surface area contributed by atoms with Gasteiger partial charge in [0.05, 0.1) is 12.2 Å². The monoisotopic (exact) mass is 320 g/mol. The molecule has 1 aliphatic heterocycles. The fourth-order valence-corrected chi connectivity index (χ4v) is 2.90. The Morgan fingerprint density at radius 1 is 1.35 bits per heavy atom. The Hall–Kier alpha value is -2.28. The van der Waals surface area contributed by atoms with E-state index in [1.807, 2.05) is 13.2 Å². The molecule has 0 radical (unpaired) electrons. The van der Waals surface area contributed by atoms with Gasteiger partial charge in [0.25, 0.3) is 0 Å². The van der Waals surface area contributed by atoms with Crippen molar-refractivity contribution in [3.8, 4) is 0 Å². The summed E-state index contributed by atoms with van der Waals surface area (Å²) in [6, 6.07) is 2.79. The van der Waals surface area contributed by atoms with Gasteiger partial charge >= 0.3 is 0 Å². The zero-order chi connectivity index (χ0) is 16.4. The molecule has 3 rings (SSSR count). The summed E-state index contributed by atoms with van der Waals surface area (Å²) in [7, 11) is 1.84. The van der Waals surface area contributed by atoms with E-state index < -0.39 is 17.7 Å². The first-order chi connectivity index (χ1) is 11.0. The van der Waals surface area contributed by atoms with Crippen molar-refractivity contribution < 1.29 is 13.6 Å². The molecule has 23 heavy (non-hydrogen) atoms. The lowest BCUT2D eigenvalue weighted by atomic mass is 9.91. The SMILES string of the molecule is Cn1cc(CN[C@@H]2CCC(=O)N[C@H]2c2cc(F)cc(F)c2)cn1. The van der Waals surface area contributed by atoms with Crippen LogP contribution in [0.4, 0.5) is 8.78 Å². The Morgan fingerprint density at radius 2 is 2.09 bits per heavy atom. The molecule has 7 heteroatoms. The van der Waals surface area contributed by atoms with Gasteiger partial charge in [-0.15, -0.1) is 0 Å². The van der Waals surface area contributed by atoms with Crippen molar-refractivity contribution in [1.82, 2.24) is 20.4 Å². The van der Waals surface area contributed by atoms with E-state index in [0.29, 0.717) is 24.9 Å². The van der Waals surface area contributed by atoms with Crippen LogP contribution in [0.25, 0.3) is 0 Å². The second kappa shape index (κ2) is 6.45. The standard InChI is InChI=1S/C16H18F2N4O/c1-22-9-10(8-20-22)7-19-14-2-3-15(23)21-16(14)11-4-12(17)6-13(18)5-11/h4-6,8-9,14,16,19H,2-3,7H2,1H3,(H,21,23)/t14-,16+/m1/s1. The summed E-state index contributed by atoms with van der Waals surface area (Å²) in [5, 5.41) is 10.3. The summed E-state index contributed by atoms with van der Waals surface area (Å²) in [5.74, 6) is -1.41.